The van der Waals surface area contributed by atoms with E-state index in [1.54, 1.807) is 18.7 Å². The van der Waals surface area contributed by atoms with Crippen LogP contribution in [0.1, 0.15) is 92.6 Å². The Morgan fingerprint density at radius 3 is 2.51 bits per heavy atom. The van der Waals surface area contributed by atoms with Gasteiger partial charge in [-0.1, -0.05) is 0 Å². The molecule has 0 bridgehead atoms. The molecular formula is C26H35F2N5O3S. The van der Waals surface area contributed by atoms with Crippen molar-refractivity contribution in [2.75, 3.05) is 18.4 Å². The summed E-state index contributed by atoms with van der Waals surface area (Å²) in [6.45, 7) is 9.58. The molecule has 8 nitrogen and oxygen atoms in total. The van der Waals surface area contributed by atoms with Gasteiger partial charge in [-0.15, -0.1) is 11.3 Å². The summed E-state index contributed by atoms with van der Waals surface area (Å²) >= 11 is 0.879. The molecule has 2 aliphatic rings. The lowest BCUT2D eigenvalue weighted by Crippen LogP contribution is -2.38. The number of anilines is 1. The van der Waals surface area contributed by atoms with Gasteiger partial charge in [0.1, 0.15) is 11.5 Å². The Kier molecular flexibility index (Phi) is 7.58. The van der Waals surface area contributed by atoms with Gasteiger partial charge < -0.3 is 20.6 Å². The van der Waals surface area contributed by atoms with Crippen molar-refractivity contribution in [2.24, 2.45) is 5.92 Å². The van der Waals surface area contributed by atoms with Crippen LogP contribution in [0, 0.1) is 5.92 Å². The number of hydrogen-bond acceptors (Lipinski definition) is 7. The zero-order valence-electron chi connectivity index (χ0n) is 21.9. The number of rotatable bonds is 9. The lowest BCUT2D eigenvalue weighted by molar-refractivity contribution is 0.0692. The van der Waals surface area contributed by atoms with Crippen molar-refractivity contribution in [1.29, 1.82) is 0 Å². The molecule has 0 aromatic carbocycles. The largest absolute Gasteiger partial charge is 0.389 e. The van der Waals surface area contributed by atoms with E-state index in [-0.39, 0.29) is 44.8 Å². The maximum absolute atomic E-state index is 14.3. The van der Waals surface area contributed by atoms with E-state index in [0.29, 0.717) is 18.3 Å². The second-order valence-corrected chi connectivity index (χ2v) is 12.3. The number of amides is 2. The number of halogens is 2. The molecule has 2 fully saturated rings. The van der Waals surface area contributed by atoms with Gasteiger partial charge in [0.05, 0.1) is 10.5 Å². The zero-order valence-corrected chi connectivity index (χ0v) is 22.7. The van der Waals surface area contributed by atoms with Crippen molar-refractivity contribution in [2.45, 2.75) is 83.9 Å². The first-order valence-electron chi connectivity index (χ1n) is 12.7. The molecule has 202 valence electrons. The molecule has 0 unspecified atom stereocenters. The van der Waals surface area contributed by atoms with Crippen LogP contribution in [0.15, 0.2) is 12.3 Å². The van der Waals surface area contributed by atoms with Crippen LogP contribution >= 0.6 is 11.3 Å². The summed E-state index contributed by atoms with van der Waals surface area (Å²) in [6.07, 6.45) is 2.35. The van der Waals surface area contributed by atoms with Gasteiger partial charge >= 0.3 is 0 Å². The molecular weight excluding hydrogens is 500 g/mol. The third-order valence-electron chi connectivity index (χ3n) is 6.98. The number of hydrogen-bond donors (Lipinski definition) is 3. The molecule has 4 rings (SSSR count). The van der Waals surface area contributed by atoms with E-state index in [2.05, 4.69) is 20.6 Å². The molecule has 11 heteroatoms. The molecule has 1 saturated carbocycles. The third-order valence-corrected chi connectivity index (χ3v) is 8.07. The normalized spacial score (nSPS) is 18.4. The SMILES string of the molecule is C[C@H]1CCCN1C(=O)c1nc(C(=O)NCC(C)(C)O)sc1-c1cnc(NC(C)(C)C2CC2)cc1C(F)F. The molecule has 1 saturated heterocycles. The number of pyridine rings is 1. The lowest BCUT2D eigenvalue weighted by atomic mass is 9.98. The van der Waals surface area contributed by atoms with E-state index in [9.17, 15) is 23.5 Å². The Labute approximate surface area is 219 Å². The molecule has 0 radical (unpaired) electrons. The molecule has 1 aliphatic heterocycles. The smallest absolute Gasteiger partial charge is 0.280 e. The Morgan fingerprint density at radius 2 is 1.95 bits per heavy atom. The quantitative estimate of drug-likeness (QED) is 0.423. The number of aliphatic hydroxyl groups is 1. The minimum absolute atomic E-state index is 0.0153. The minimum Gasteiger partial charge on any atom is -0.389 e. The molecule has 1 aliphatic carbocycles. The number of carbonyl (C=O) groups is 2. The summed E-state index contributed by atoms with van der Waals surface area (Å²) in [7, 11) is 0. The topological polar surface area (TPSA) is 107 Å². The Morgan fingerprint density at radius 1 is 1.24 bits per heavy atom. The minimum atomic E-state index is -2.83. The summed E-state index contributed by atoms with van der Waals surface area (Å²) in [6, 6.07) is 1.31. The average molecular weight is 536 g/mol. The van der Waals surface area contributed by atoms with Crippen molar-refractivity contribution in [3.05, 3.63) is 28.5 Å². The van der Waals surface area contributed by atoms with Crippen molar-refractivity contribution in [3.8, 4) is 10.4 Å². The van der Waals surface area contributed by atoms with Crippen LogP contribution in [-0.2, 0) is 0 Å². The average Bonchev–Trinajstić information content (AvgIpc) is 3.46. The van der Waals surface area contributed by atoms with Gasteiger partial charge in [0.25, 0.3) is 18.2 Å². The number of nitrogens with one attached hydrogen (secondary N) is 2. The standard InChI is InChI=1S/C26H35F2N5O3S/c1-14-7-6-10-33(14)24(35)19-20(37-23(31-19)22(34)30-13-25(2,3)36)17-12-29-18(11-16(17)21(27)28)32-26(4,5)15-8-9-15/h11-12,14-15,21,36H,6-10,13H2,1-5H3,(H,29,32)(H,30,34)/t14-/m0/s1. The van der Waals surface area contributed by atoms with Crippen LogP contribution in [0.5, 0.6) is 0 Å². The molecule has 3 heterocycles. The fraction of sp³-hybridized carbons (Fsp3) is 0.615. The van der Waals surface area contributed by atoms with Crippen LogP contribution in [0.2, 0.25) is 0 Å². The molecule has 2 amide bonds. The summed E-state index contributed by atoms with van der Waals surface area (Å²) in [5.74, 6) is -0.181. The number of thiazole rings is 1. The fourth-order valence-corrected chi connectivity index (χ4v) is 5.64. The van der Waals surface area contributed by atoms with Crippen molar-refractivity contribution < 1.29 is 23.5 Å². The van der Waals surface area contributed by atoms with E-state index in [1.165, 1.54) is 12.3 Å². The molecule has 0 spiro atoms. The van der Waals surface area contributed by atoms with Gasteiger partial charge in [-0.3, -0.25) is 9.59 Å². The highest BCUT2D eigenvalue weighted by Crippen LogP contribution is 2.42. The monoisotopic (exact) mass is 535 g/mol. The summed E-state index contributed by atoms with van der Waals surface area (Å²) in [5.41, 5.74) is -1.66. The third kappa shape index (κ3) is 6.26. The van der Waals surface area contributed by atoms with E-state index in [1.807, 2.05) is 20.8 Å². The predicted octanol–water partition coefficient (Wildman–Crippen LogP) is 4.87. The Hall–Kier alpha value is -2.66. The van der Waals surface area contributed by atoms with Gasteiger partial charge in [0, 0.05) is 42.0 Å². The second kappa shape index (κ2) is 10.2. The molecule has 2 aromatic rings. The number of alkyl halides is 2. The molecule has 2 aromatic heterocycles. The van der Waals surface area contributed by atoms with E-state index in [4.69, 9.17) is 0 Å². The predicted molar refractivity (Wildman–Crippen MR) is 139 cm³/mol. The Balaban J connectivity index is 1.74. The number of likely N-dealkylation sites (tertiary alicyclic amines) is 1. The highest BCUT2D eigenvalue weighted by Gasteiger charge is 2.38. The highest BCUT2D eigenvalue weighted by atomic mass is 32.1. The molecule has 3 N–H and O–H groups in total. The van der Waals surface area contributed by atoms with Gasteiger partial charge in [-0.2, -0.15) is 0 Å². The van der Waals surface area contributed by atoms with Crippen LogP contribution < -0.4 is 10.6 Å². The van der Waals surface area contributed by atoms with Crippen LogP contribution in [0.4, 0.5) is 14.6 Å². The van der Waals surface area contributed by atoms with Gasteiger partial charge in [-0.25, -0.2) is 18.7 Å². The molecule has 1 atom stereocenters. The van der Waals surface area contributed by atoms with E-state index in [0.717, 1.165) is 37.0 Å². The second-order valence-electron chi connectivity index (χ2n) is 11.3. The number of aromatic nitrogens is 2. The van der Waals surface area contributed by atoms with Crippen LogP contribution in [-0.4, -0.2) is 62.1 Å². The fourth-order valence-electron chi connectivity index (χ4n) is 4.63. The van der Waals surface area contributed by atoms with Gasteiger partial charge in [0.2, 0.25) is 0 Å². The Bertz CT molecular complexity index is 1170. The number of carbonyl (C=O) groups excluding carboxylic acids is 2. The number of nitrogens with zero attached hydrogens (tertiary/aromatic N) is 3. The maximum Gasteiger partial charge on any atom is 0.280 e. The van der Waals surface area contributed by atoms with Gasteiger partial charge in [0.15, 0.2) is 5.01 Å². The molecule has 37 heavy (non-hydrogen) atoms. The van der Waals surface area contributed by atoms with E-state index < -0.39 is 23.8 Å². The lowest BCUT2D eigenvalue weighted by Gasteiger charge is -2.27. The first-order valence-corrected chi connectivity index (χ1v) is 13.5. The van der Waals surface area contributed by atoms with Crippen molar-refractivity contribution >= 4 is 29.0 Å². The first-order chi connectivity index (χ1) is 17.3. The summed E-state index contributed by atoms with van der Waals surface area (Å²) < 4.78 is 28.7. The highest BCUT2D eigenvalue weighted by molar-refractivity contribution is 7.17. The van der Waals surface area contributed by atoms with Crippen LogP contribution in [0.25, 0.3) is 10.4 Å². The van der Waals surface area contributed by atoms with Crippen molar-refractivity contribution in [1.82, 2.24) is 20.2 Å². The van der Waals surface area contributed by atoms with Crippen molar-refractivity contribution in [3.63, 3.8) is 0 Å². The van der Waals surface area contributed by atoms with Crippen LogP contribution in [0.3, 0.4) is 0 Å². The van der Waals surface area contributed by atoms with Gasteiger partial charge in [-0.05, 0) is 72.3 Å². The first kappa shape index (κ1) is 27.4. The zero-order chi connectivity index (χ0) is 27.1. The summed E-state index contributed by atoms with van der Waals surface area (Å²) in [5, 5.41) is 15.8. The van der Waals surface area contributed by atoms with E-state index >= 15 is 0 Å². The summed E-state index contributed by atoms with van der Waals surface area (Å²) in [4.78, 5) is 36.9. The maximum atomic E-state index is 14.3.